The maximum absolute atomic E-state index is 11.3. The minimum Gasteiger partial charge on any atom is -0.478 e. The summed E-state index contributed by atoms with van der Waals surface area (Å²) >= 11 is 0. The van der Waals surface area contributed by atoms with Gasteiger partial charge < -0.3 is 5.11 Å². The second-order valence-electron chi connectivity index (χ2n) is 5.15. The first-order valence-electron chi connectivity index (χ1n) is 6.44. The number of rotatable bonds is 3. The minimum absolute atomic E-state index is 0.212. The highest BCUT2D eigenvalue weighted by Gasteiger charge is 2.16. The first-order chi connectivity index (χ1) is 9.40. The summed E-state index contributed by atoms with van der Waals surface area (Å²) in [7, 11) is 0. The van der Waals surface area contributed by atoms with Crippen LogP contribution in [-0.2, 0) is 0 Å². The zero-order valence-corrected chi connectivity index (χ0v) is 12.1. The van der Waals surface area contributed by atoms with E-state index in [9.17, 15) is 9.90 Å². The quantitative estimate of drug-likeness (QED) is 0.927. The summed E-state index contributed by atoms with van der Waals surface area (Å²) in [4.78, 5) is 11.3. The Labute approximate surface area is 118 Å². The number of carboxylic acid groups (broad SMARTS) is 1. The van der Waals surface area contributed by atoms with E-state index in [1.54, 1.807) is 4.68 Å². The molecule has 0 bridgehead atoms. The normalized spacial score (nSPS) is 10.4. The number of carboxylic acids is 1. The van der Waals surface area contributed by atoms with Gasteiger partial charge in [-0.15, -0.1) is 0 Å². The van der Waals surface area contributed by atoms with E-state index >= 15 is 0 Å². The van der Waals surface area contributed by atoms with E-state index in [1.807, 2.05) is 52.0 Å². The van der Waals surface area contributed by atoms with Crippen LogP contribution in [0.25, 0.3) is 11.8 Å². The molecule has 0 amide bonds. The Kier molecular flexibility index (Phi) is 3.74. The number of allylic oxidation sites excluding steroid dienone is 1. The Bertz CT molecular complexity index is 692. The number of aryl methyl sites for hydroxylation is 2. The van der Waals surface area contributed by atoms with E-state index in [4.69, 9.17) is 0 Å². The van der Waals surface area contributed by atoms with Crippen molar-refractivity contribution >= 4 is 12.0 Å². The molecule has 0 aliphatic heterocycles. The summed E-state index contributed by atoms with van der Waals surface area (Å²) in [5.74, 6) is -0.965. The van der Waals surface area contributed by atoms with Gasteiger partial charge in [-0.2, -0.15) is 5.10 Å². The molecule has 0 unspecified atom stereocenters. The summed E-state index contributed by atoms with van der Waals surface area (Å²) in [6.45, 7) is 7.94. The molecule has 2 aromatic rings. The molecule has 0 fully saturated rings. The molecule has 0 saturated carbocycles. The molecule has 0 spiro atoms. The lowest BCUT2D eigenvalue weighted by atomic mass is 10.1. The molecule has 20 heavy (non-hydrogen) atoms. The van der Waals surface area contributed by atoms with E-state index in [1.165, 1.54) is 11.8 Å². The maximum atomic E-state index is 11.3. The molecule has 0 atom stereocenters. The fraction of sp³-hybridized carbons (Fsp3) is 0.250. The Morgan fingerprint density at radius 2 is 1.95 bits per heavy atom. The molecule has 0 saturated heterocycles. The van der Waals surface area contributed by atoms with E-state index in [2.05, 4.69) is 5.10 Å². The van der Waals surface area contributed by atoms with Crippen LogP contribution in [0.2, 0.25) is 0 Å². The predicted octanol–water partition coefficient (Wildman–Crippen LogP) is 3.61. The number of carbonyl (C=O) groups is 1. The zero-order valence-electron chi connectivity index (χ0n) is 12.1. The Balaban J connectivity index is 2.64. The van der Waals surface area contributed by atoms with Gasteiger partial charge in [0.2, 0.25) is 0 Å². The van der Waals surface area contributed by atoms with Gasteiger partial charge in [0.25, 0.3) is 0 Å². The Morgan fingerprint density at radius 1 is 1.25 bits per heavy atom. The lowest BCUT2D eigenvalue weighted by Gasteiger charge is -2.08. The molecule has 0 radical (unpaired) electrons. The van der Waals surface area contributed by atoms with Gasteiger partial charge in [0.05, 0.1) is 17.6 Å². The van der Waals surface area contributed by atoms with Crippen molar-refractivity contribution in [1.29, 1.82) is 0 Å². The number of benzene rings is 1. The topological polar surface area (TPSA) is 55.1 Å². The van der Waals surface area contributed by atoms with Crippen LogP contribution in [0.4, 0.5) is 0 Å². The molecule has 1 N–H and O–H groups in total. The highest BCUT2D eigenvalue weighted by Crippen LogP contribution is 2.20. The summed E-state index contributed by atoms with van der Waals surface area (Å²) in [5, 5.41) is 13.5. The van der Waals surface area contributed by atoms with Crippen molar-refractivity contribution in [2.45, 2.75) is 27.7 Å². The molecule has 0 aliphatic carbocycles. The third kappa shape index (κ3) is 2.64. The van der Waals surface area contributed by atoms with Gasteiger partial charge in [0.15, 0.2) is 0 Å². The van der Waals surface area contributed by atoms with Gasteiger partial charge in [0.1, 0.15) is 5.56 Å². The second kappa shape index (κ2) is 5.33. The van der Waals surface area contributed by atoms with Crippen LogP contribution in [0.5, 0.6) is 0 Å². The Morgan fingerprint density at radius 3 is 2.50 bits per heavy atom. The van der Waals surface area contributed by atoms with E-state index in [0.29, 0.717) is 5.69 Å². The summed E-state index contributed by atoms with van der Waals surface area (Å²) in [5.41, 5.74) is 5.05. The molecule has 4 heteroatoms. The number of aromatic nitrogens is 2. The van der Waals surface area contributed by atoms with Gasteiger partial charge in [-0.05, 0) is 57.0 Å². The van der Waals surface area contributed by atoms with Crippen LogP contribution < -0.4 is 0 Å². The third-order valence-electron chi connectivity index (χ3n) is 3.20. The first kappa shape index (κ1) is 14.1. The number of hydrogen-bond acceptors (Lipinski definition) is 2. The molecular weight excluding hydrogens is 252 g/mol. The van der Waals surface area contributed by atoms with Gasteiger partial charge in [0, 0.05) is 0 Å². The highest BCUT2D eigenvalue weighted by molar-refractivity contribution is 5.91. The van der Waals surface area contributed by atoms with Crippen molar-refractivity contribution in [2.24, 2.45) is 0 Å². The molecule has 1 aromatic heterocycles. The fourth-order valence-corrected chi connectivity index (χ4v) is 2.00. The van der Waals surface area contributed by atoms with Crippen molar-refractivity contribution < 1.29 is 9.90 Å². The maximum Gasteiger partial charge on any atom is 0.339 e. The van der Waals surface area contributed by atoms with Crippen molar-refractivity contribution in [3.8, 4) is 5.69 Å². The van der Waals surface area contributed by atoms with Crippen molar-refractivity contribution in [3.05, 3.63) is 52.4 Å². The van der Waals surface area contributed by atoms with Crippen LogP contribution >= 0.6 is 0 Å². The predicted molar refractivity (Wildman–Crippen MR) is 79.3 cm³/mol. The van der Waals surface area contributed by atoms with Gasteiger partial charge in [-0.3, -0.25) is 0 Å². The SMILES string of the molecule is CC(C)=Cc1c(C(=O)O)cnn1-c1ccc(C)c(C)c1. The fourth-order valence-electron chi connectivity index (χ4n) is 2.00. The summed E-state index contributed by atoms with van der Waals surface area (Å²) < 4.78 is 1.67. The molecule has 4 nitrogen and oxygen atoms in total. The standard InChI is InChI=1S/C16H18N2O2/c1-10(2)7-15-14(16(19)20)9-17-18(15)13-6-5-11(3)12(4)8-13/h5-9H,1-4H3,(H,19,20). The van der Waals surface area contributed by atoms with Gasteiger partial charge in [-0.1, -0.05) is 11.6 Å². The molecule has 1 heterocycles. The number of aromatic carboxylic acids is 1. The van der Waals surface area contributed by atoms with E-state index in [-0.39, 0.29) is 5.56 Å². The zero-order chi connectivity index (χ0) is 14.9. The molecule has 104 valence electrons. The third-order valence-corrected chi connectivity index (χ3v) is 3.20. The van der Waals surface area contributed by atoms with Gasteiger partial charge in [-0.25, -0.2) is 9.48 Å². The van der Waals surface area contributed by atoms with Gasteiger partial charge >= 0.3 is 5.97 Å². The lowest BCUT2D eigenvalue weighted by molar-refractivity contribution is 0.0696. The number of nitrogens with zero attached hydrogens (tertiary/aromatic N) is 2. The van der Waals surface area contributed by atoms with Crippen LogP contribution in [0.1, 0.15) is 41.0 Å². The molecule has 0 aliphatic rings. The van der Waals surface area contributed by atoms with E-state index in [0.717, 1.165) is 16.8 Å². The van der Waals surface area contributed by atoms with Crippen LogP contribution in [0.3, 0.4) is 0 Å². The number of hydrogen-bond donors (Lipinski definition) is 1. The lowest BCUT2D eigenvalue weighted by Crippen LogP contribution is -2.03. The van der Waals surface area contributed by atoms with Crippen molar-refractivity contribution in [1.82, 2.24) is 9.78 Å². The first-order valence-corrected chi connectivity index (χ1v) is 6.44. The highest BCUT2D eigenvalue weighted by atomic mass is 16.4. The van der Waals surface area contributed by atoms with Crippen molar-refractivity contribution in [2.75, 3.05) is 0 Å². The molecular formula is C16H18N2O2. The summed E-state index contributed by atoms with van der Waals surface area (Å²) in [6, 6.07) is 5.97. The van der Waals surface area contributed by atoms with Crippen molar-refractivity contribution in [3.63, 3.8) is 0 Å². The molecule has 1 aromatic carbocycles. The smallest absolute Gasteiger partial charge is 0.339 e. The average Bonchev–Trinajstić information content (AvgIpc) is 2.75. The summed E-state index contributed by atoms with van der Waals surface area (Å²) in [6.07, 6.45) is 3.23. The van der Waals surface area contributed by atoms with Crippen LogP contribution in [0, 0.1) is 13.8 Å². The monoisotopic (exact) mass is 270 g/mol. The second-order valence-corrected chi connectivity index (χ2v) is 5.15. The van der Waals surface area contributed by atoms with Crippen LogP contribution in [-0.4, -0.2) is 20.9 Å². The minimum atomic E-state index is -0.965. The van der Waals surface area contributed by atoms with E-state index < -0.39 is 5.97 Å². The Hall–Kier alpha value is -2.36. The molecule has 2 rings (SSSR count). The van der Waals surface area contributed by atoms with Crippen LogP contribution in [0.15, 0.2) is 30.0 Å². The largest absolute Gasteiger partial charge is 0.478 e. The average molecular weight is 270 g/mol.